The minimum Gasteiger partial charge on any atom is -0.289 e. The van der Waals surface area contributed by atoms with Crippen LogP contribution in [0.3, 0.4) is 0 Å². The molecule has 1 atom stereocenters. The van der Waals surface area contributed by atoms with Crippen molar-refractivity contribution in [3.05, 3.63) is 158 Å². The molecule has 2 aromatic heterocycles. The zero-order chi connectivity index (χ0) is 34.0. The maximum Gasteiger partial charge on any atom is 0.195 e. The van der Waals surface area contributed by atoms with Gasteiger partial charge in [-0.15, -0.1) is 22.7 Å². The summed E-state index contributed by atoms with van der Waals surface area (Å²) in [4.78, 5) is 33.3. The highest BCUT2D eigenvalue weighted by Crippen LogP contribution is 2.68. The first-order valence-corrected chi connectivity index (χ1v) is 20.7. The first-order chi connectivity index (χ1) is 23.6. The molecule has 0 saturated heterocycles. The van der Waals surface area contributed by atoms with Crippen molar-refractivity contribution in [2.75, 3.05) is 6.26 Å². The maximum absolute atomic E-state index is 13.9. The van der Waals surface area contributed by atoms with Gasteiger partial charge in [0.25, 0.3) is 0 Å². The average Bonchev–Trinajstić information content (AvgIpc) is 3.11. The molecule has 0 N–H and O–H groups in total. The zero-order valence-corrected chi connectivity index (χ0v) is 31.2. The molecule has 0 aliphatic heterocycles. The largest absolute Gasteiger partial charge is 0.289 e. The van der Waals surface area contributed by atoms with Gasteiger partial charge in [0.15, 0.2) is 10.9 Å². The maximum atomic E-state index is 13.9. The molecule has 0 bridgehead atoms. The average molecular weight is 711 g/mol. The van der Waals surface area contributed by atoms with Crippen LogP contribution < -0.4 is 10.9 Å². The van der Waals surface area contributed by atoms with Gasteiger partial charge in [-0.05, 0) is 134 Å². The van der Waals surface area contributed by atoms with Crippen LogP contribution in [-0.4, -0.2) is 6.26 Å². The fourth-order valence-electron chi connectivity index (χ4n) is 6.84. The zero-order valence-electron chi connectivity index (χ0n) is 27.9. The lowest BCUT2D eigenvalue weighted by Crippen LogP contribution is -2.08. The van der Waals surface area contributed by atoms with Gasteiger partial charge < -0.3 is 0 Å². The number of aryl methyl sites for hydroxylation is 4. The number of hydrogen-bond donors (Lipinski definition) is 0. The molecule has 0 spiro atoms. The van der Waals surface area contributed by atoms with E-state index in [1.54, 1.807) is 34.4 Å². The Kier molecular flexibility index (Phi) is 8.03. The predicted molar refractivity (Wildman–Crippen MR) is 215 cm³/mol. The highest BCUT2D eigenvalue weighted by molar-refractivity contribution is 8.33. The third-order valence-corrected chi connectivity index (χ3v) is 16.8. The Morgan fingerprint density at radius 1 is 0.510 bits per heavy atom. The molecule has 0 saturated carbocycles. The van der Waals surface area contributed by atoms with Gasteiger partial charge in [-0.3, -0.25) is 9.59 Å². The molecule has 6 heteroatoms. The van der Waals surface area contributed by atoms with E-state index >= 15 is 0 Å². The third kappa shape index (κ3) is 5.42. The number of benzene rings is 6. The molecule has 0 amide bonds. The second kappa shape index (κ2) is 12.3. The fraction of sp³-hybridized carbons (Fsp3) is 0.116. The van der Waals surface area contributed by atoms with Crippen molar-refractivity contribution in [1.82, 2.24) is 0 Å². The minimum absolute atomic E-state index is 0.0911. The Bertz CT molecular complexity index is 2760. The molecule has 6 aromatic carbocycles. The quantitative estimate of drug-likeness (QED) is 0.167. The van der Waals surface area contributed by atoms with Crippen LogP contribution in [0.2, 0.25) is 0 Å². The molecule has 242 valence electrons. The molecule has 0 fully saturated rings. The SMILES string of the molecule is Cc1ccc(C)c(S(C)(c2ccc3sc4ccccc4c(=O)c3c2)c2cc(C)c(Sc3ccc4sc5ccccc5c(=O)c4c3)cc2C)c1. The minimum atomic E-state index is -1.77. The van der Waals surface area contributed by atoms with Crippen molar-refractivity contribution >= 4 is 84.8 Å². The van der Waals surface area contributed by atoms with Crippen LogP contribution in [0.4, 0.5) is 0 Å². The number of rotatable bonds is 5. The third-order valence-electron chi connectivity index (χ3n) is 9.49. The van der Waals surface area contributed by atoms with E-state index in [9.17, 15) is 9.59 Å². The second-order valence-corrected chi connectivity index (χ2v) is 19.3. The van der Waals surface area contributed by atoms with Gasteiger partial charge in [-0.1, -0.05) is 53.7 Å². The van der Waals surface area contributed by atoms with E-state index < -0.39 is 10.0 Å². The van der Waals surface area contributed by atoms with Crippen molar-refractivity contribution in [1.29, 1.82) is 0 Å². The Labute approximate surface area is 299 Å². The van der Waals surface area contributed by atoms with Crippen molar-refractivity contribution in [2.45, 2.75) is 52.2 Å². The normalized spacial score (nSPS) is 13.7. The standard InChI is InChI=1S/C43H34O2S4/c1-25-14-15-26(2)40(20-25)49(5,30-17-19-38-34(24-30)43(45)32-11-7-9-13-36(32)48-38)41-22-27(3)39(21-28(41)4)46-29-16-18-37-33(23-29)42(44)31-10-6-8-12-35(31)47-37/h6-24H,1-5H3. The van der Waals surface area contributed by atoms with Crippen molar-refractivity contribution in [3.63, 3.8) is 0 Å². The lowest BCUT2D eigenvalue weighted by molar-refractivity contribution is 1.14. The summed E-state index contributed by atoms with van der Waals surface area (Å²) in [7, 11) is -1.77. The topological polar surface area (TPSA) is 34.1 Å². The molecular formula is C43H34O2S4. The number of hydrogen-bond acceptors (Lipinski definition) is 5. The Hall–Kier alpha value is -4.20. The summed E-state index contributed by atoms with van der Waals surface area (Å²) in [5.74, 6) is 0. The monoisotopic (exact) mass is 710 g/mol. The van der Waals surface area contributed by atoms with E-state index in [4.69, 9.17) is 0 Å². The molecule has 2 heterocycles. The van der Waals surface area contributed by atoms with Gasteiger partial charge in [-0.25, -0.2) is 0 Å². The van der Waals surface area contributed by atoms with Crippen LogP contribution in [0.15, 0.2) is 149 Å². The van der Waals surface area contributed by atoms with Crippen molar-refractivity contribution in [2.24, 2.45) is 0 Å². The van der Waals surface area contributed by atoms with Crippen LogP contribution in [0.25, 0.3) is 40.3 Å². The summed E-state index contributed by atoms with van der Waals surface area (Å²) in [5, 5.41) is 3.11. The Morgan fingerprint density at radius 3 is 1.76 bits per heavy atom. The van der Waals surface area contributed by atoms with Crippen molar-refractivity contribution < 1.29 is 0 Å². The molecule has 2 nitrogen and oxygen atoms in total. The molecule has 8 rings (SSSR count). The van der Waals surface area contributed by atoms with Crippen molar-refractivity contribution in [3.8, 4) is 0 Å². The van der Waals surface area contributed by atoms with Crippen LogP contribution >= 0.6 is 44.5 Å². The Balaban J connectivity index is 1.28. The second-order valence-electron chi connectivity index (χ2n) is 12.8. The smallest absolute Gasteiger partial charge is 0.195 e. The van der Waals surface area contributed by atoms with E-state index in [-0.39, 0.29) is 10.9 Å². The summed E-state index contributed by atoms with van der Waals surface area (Å²) >= 11 is 5.06. The number of fused-ring (bicyclic) bond motifs is 4. The first kappa shape index (κ1) is 32.0. The predicted octanol–water partition coefficient (Wildman–Crippen LogP) is 12.4. The van der Waals surface area contributed by atoms with Crippen LogP contribution in [0.1, 0.15) is 22.3 Å². The summed E-state index contributed by atoms with van der Waals surface area (Å²) in [6, 6.07) is 40.1. The van der Waals surface area contributed by atoms with Crippen LogP contribution in [-0.2, 0) is 0 Å². The molecule has 0 aliphatic carbocycles. The van der Waals surface area contributed by atoms with E-state index in [1.807, 2.05) is 48.5 Å². The molecular weight excluding hydrogens is 677 g/mol. The van der Waals surface area contributed by atoms with E-state index in [0.717, 1.165) is 45.2 Å². The highest BCUT2D eigenvalue weighted by atomic mass is 32.3. The summed E-state index contributed by atoms with van der Waals surface area (Å²) in [5.41, 5.74) is 5.07. The molecule has 8 aromatic rings. The first-order valence-electron chi connectivity index (χ1n) is 16.2. The Morgan fingerprint density at radius 2 is 1.08 bits per heavy atom. The van der Waals surface area contributed by atoms with Crippen LogP contribution in [0, 0.1) is 27.7 Å². The molecule has 0 aliphatic rings. The summed E-state index contributed by atoms with van der Waals surface area (Å²) < 4.78 is 4.06. The summed E-state index contributed by atoms with van der Waals surface area (Å²) in [6.45, 7) is 8.77. The van der Waals surface area contributed by atoms with E-state index in [2.05, 4.69) is 101 Å². The van der Waals surface area contributed by atoms with Gasteiger partial charge in [0.05, 0.1) is 0 Å². The van der Waals surface area contributed by atoms with Gasteiger partial charge >= 0.3 is 0 Å². The van der Waals surface area contributed by atoms with Crippen LogP contribution in [0.5, 0.6) is 0 Å². The summed E-state index contributed by atoms with van der Waals surface area (Å²) in [6.07, 6.45) is 2.39. The van der Waals surface area contributed by atoms with Gasteiger partial charge in [-0.2, -0.15) is 10.0 Å². The molecule has 1 unspecified atom stereocenters. The highest BCUT2D eigenvalue weighted by Gasteiger charge is 2.30. The van der Waals surface area contributed by atoms with Gasteiger partial charge in [0, 0.05) is 59.9 Å². The lowest BCUT2D eigenvalue weighted by Gasteiger charge is -2.40. The van der Waals surface area contributed by atoms with Gasteiger partial charge in [0.1, 0.15) is 0 Å². The van der Waals surface area contributed by atoms with Gasteiger partial charge in [0.2, 0.25) is 0 Å². The fourth-order valence-corrected chi connectivity index (χ4v) is 13.7. The van der Waals surface area contributed by atoms with E-state index in [0.29, 0.717) is 0 Å². The molecule has 49 heavy (non-hydrogen) atoms. The lowest BCUT2D eigenvalue weighted by atomic mass is 10.2. The van der Waals surface area contributed by atoms with E-state index in [1.165, 1.54) is 41.8 Å². The molecule has 0 radical (unpaired) electrons.